The summed E-state index contributed by atoms with van der Waals surface area (Å²) in [7, 11) is 4.34. The lowest BCUT2D eigenvalue weighted by molar-refractivity contribution is -0.117. The van der Waals surface area contributed by atoms with Crippen LogP contribution in [0.15, 0.2) is 23.0 Å². The Morgan fingerprint density at radius 2 is 1.77 bits per heavy atom. The molecule has 30 heavy (non-hydrogen) atoms. The molecule has 3 rings (SSSR count). The minimum Gasteiger partial charge on any atom is -0.493 e. The van der Waals surface area contributed by atoms with Gasteiger partial charge in [-0.25, -0.2) is 0 Å². The first-order valence-corrected chi connectivity index (χ1v) is 9.81. The predicted molar refractivity (Wildman–Crippen MR) is 116 cm³/mol. The maximum atomic E-state index is 13.0. The standard InChI is InChI=1S/C22H23NO6S/c1-27-16-8-7-13-12(14(19(16)25)10-17(23)24)6-4-5-11-9-15(22(26)30)20(28-2)21(29-3)18(11)13/h7-9H,4-6,10H2,1-3H3,(H2,23,24)(H,26,30). The van der Waals surface area contributed by atoms with Crippen molar-refractivity contribution in [3.8, 4) is 28.4 Å². The zero-order valence-electron chi connectivity index (χ0n) is 17.0. The molecule has 0 spiro atoms. The van der Waals surface area contributed by atoms with Gasteiger partial charge in [-0.3, -0.25) is 14.4 Å². The van der Waals surface area contributed by atoms with E-state index in [1.807, 2.05) is 0 Å². The number of primary amides is 1. The van der Waals surface area contributed by atoms with Crippen molar-refractivity contribution in [2.24, 2.45) is 5.73 Å². The van der Waals surface area contributed by atoms with Crippen molar-refractivity contribution in [2.75, 3.05) is 21.3 Å². The Morgan fingerprint density at radius 1 is 1.07 bits per heavy atom. The van der Waals surface area contributed by atoms with E-state index in [4.69, 9.17) is 19.9 Å². The first-order chi connectivity index (χ1) is 14.3. The van der Waals surface area contributed by atoms with Crippen molar-refractivity contribution in [3.63, 3.8) is 0 Å². The second-order valence-electron chi connectivity index (χ2n) is 6.93. The molecule has 2 aromatic carbocycles. The van der Waals surface area contributed by atoms with Crippen LogP contribution in [0, 0.1) is 0 Å². The summed E-state index contributed by atoms with van der Waals surface area (Å²) in [5, 5.41) is -0.436. The largest absolute Gasteiger partial charge is 0.493 e. The first-order valence-electron chi connectivity index (χ1n) is 9.36. The number of carbonyl (C=O) groups is 2. The van der Waals surface area contributed by atoms with Crippen LogP contribution in [0.1, 0.15) is 33.5 Å². The fourth-order valence-corrected chi connectivity index (χ4v) is 4.19. The minimum absolute atomic E-state index is 0.119. The molecule has 1 amide bonds. The van der Waals surface area contributed by atoms with Crippen LogP contribution in [0.3, 0.4) is 0 Å². The number of hydrogen-bond acceptors (Lipinski definition) is 6. The van der Waals surface area contributed by atoms with Gasteiger partial charge in [0.25, 0.3) is 0 Å². The Labute approximate surface area is 179 Å². The van der Waals surface area contributed by atoms with Gasteiger partial charge in [-0.05, 0) is 48.1 Å². The third-order valence-corrected chi connectivity index (χ3v) is 5.50. The van der Waals surface area contributed by atoms with Crippen LogP contribution in [0.2, 0.25) is 0 Å². The van der Waals surface area contributed by atoms with Gasteiger partial charge in [0, 0.05) is 11.1 Å². The van der Waals surface area contributed by atoms with Crippen molar-refractivity contribution in [2.45, 2.75) is 25.7 Å². The summed E-state index contributed by atoms with van der Waals surface area (Å²) >= 11 is 3.97. The molecule has 8 heteroatoms. The Bertz CT molecular complexity index is 1100. The molecule has 0 unspecified atom stereocenters. The van der Waals surface area contributed by atoms with Crippen molar-refractivity contribution < 1.29 is 23.8 Å². The van der Waals surface area contributed by atoms with E-state index in [1.54, 1.807) is 18.2 Å². The molecular formula is C22H23NO6S. The maximum absolute atomic E-state index is 13.0. The van der Waals surface area contributed by atoms with Crippen molar-refractivity contribution in [1.29, 1.82) is 0 Å². The van der Waals surface area contributed by atoms with Crippen LogP contribution >= 0.6 is 12.6 Å². The average Bonchev–Trinajstić information content (AvgIpc) is 2.96. The fourth-order valence-electron chi connectivity index (χ4n) is 4.02. The normalized spacial score (nSPS) is 12.3. The molecule has 2 N–H and O–H groups in total. The van der Waals surface area contributed by atoms with Gasteiger partial charge in [0.2, 0.25) is 16.5 Å². The molecule has 0 fully saturated rings. The van der Waals surface area contributed by atoms with E-state index in [0.717, 1.165) is 5.56 Å². The molecule has 0 aliphatic heterocycles. The lowest BCUT2D eigenvalue weighted by Crippen LogP contribution is -2.21. The highest BCUT2D eigenvalue weighted by molar-refractivity contribution is 7.97. The summed E-state index contributed by atoms with van der Waals surface area (Å²) in [5.74, 6) is 0.154. The molecule has 1 aliphatic carbocycles. The summed E-state index contributed by atoms with van der Waals surface area (Å²) in [6, 6.07) is 5.09. The number of ether oxygens (including phenoxy) is 3. The summed E-state index contributed by atoms with van der Waals surface area (Å²) in [4.78, 5) is 36.8. The van der Waals surface area contributed by atoms with Crippen molar-refractivity contribution >= 4 is 23.7 Å². The van der Waals surface area contributed by atoms with Gasteiger partial charge in [-0.15, -0.1) is 12.6 Å². The smallest absolute Gasteiger partial charge is 0.224 e. The van der Waals surface area contributed by atoms with Gasteiger partial charge in [0.1, 0.15) is 0 Å². The monoisotopic (exact) mass is 429 g/mol. The number of aryl methyl sites for hydroxylation is 1. The summed E-state index contributed by atoms with van der Waals surface area (Å²) in [6.07, 6.45) is 1.69. The SMILES string of the molecule is COc1c(C(=O)S)cc2c(c1OC)-c1ccc(OC)c(=O)c(CC(N)=O)c1CCC2. The molecule has 2 aromatic rings. The second-order valence-corrected chi connectivity index (χ2v) is 7.33. The van der Waals surface area contributed by atoms with Gasteiger partial charge in [-0.1, -0.05) is 6.07 Å². The number of nitrogens with two attached hydrogens (primary N) is 1. The maximum Gasteiger partial charge on any atom is 0.224 e. The minimum atomic E-state index is -0.604. The highest BCUT2D eigenvalue weighted by atomic mass is 32.1. The van der Waals surface area contributed by atoms with E-state index in [0.29, 0.717) is 52.8 Å². The number of hydrogen-bond donors (Lipinski definition) is 2. The fraction of sp³-hybridized carbons (Fsp3) is 0.318. The van der Waals surface area contributed by atoms with Crippen LogP contribution in [-0.4, -0.2) is 32.4 Å². The Hall–Kier alpha value is -3.00. The first kappa shape index (κ1) is 21.7. The number of thiol groups is 1. The Kier molecular flexibility index (Phi) is 6.36. The molecule has 7 nitrogen and oxygen atoms in total. The van der Waals surface area contributed by atoms with Crippen LogP contribution in [0.4, 0.5) is 0 Å². The van der Waals surface area contributed by atoms with E-state index >= 15 is 0 Å². The van der Waals surface area contributed by atoms with E-state index in [1.165, 1.54) is 21.3 Å². The number of fused-ring (bicyclic) bond motifs is 3. The van der Waals surface area contributed by atoms with Crippen LogP contribution in [0.5, 0.6) is 17.2 Å². The topological polar surface area (TPSA) is 105 Å². The summed E-state index contributed by atoms with van der Waals surface area (Å²) < 4.78 is 16.4. The van der Waals surface area contributed by atoms with Gasteiger partial charge in [-0.2, -0.15) is 0 Å². The van der Waals surface area contributed by atoms with Gasteiger partial charge < -0.3 is 19.9 Å². The summed E-state index contributed by atoms with van der Waals surface area (Å²) in [6.45, 7) is 0. The number of carbonyl (C=O) groups excluding carboxylic acids is 2. The zero-order chi connectivity index (χ0) is 22.0. The van der Waals surface area contributed by atoms with E-state index < -0.39 is 11.0 Å². The van der Waals surface area contributed by atoms with Crippen molar-refractivity contribution in [1.82, 2.24) is 0 Å². The van der Waals surface area contributed by atoms with E-state index in [-0.39, 0.29) is 23.3 Å². The van der Waals surface area contributed by atoms with Crippen LogP contribution < -0.4 is 25.4 Å². The molecule has 158 valence electrons. The molecule has 0 radical (unpaired) electrons. The van der Waals surface area contributed by atoms with Gasteiger partial charge in [0.15, 0.2) is 17.2 Å². The number of amides is 1. The predicted octanol–water partition coefficient (Wildman–Crippen LogP) is 2.33. The highest BCUT2D eigenvalue weighted by Gasteiger charge is 2.28. The number of methoxy groups -OCH3 is 3. The third-order valence-electron chi connectivity index (χ3n) is 5.26. The molecule has 0 bridgehead atoms. The molecule has 0 aromatic heterocycles. The van der Waals surface area contributed by atoms with Crippen molar-refractivity contribution in [3.05, 3.63) is 50.7 Å². The third kappa shape index (κ3) is 3.75. The molecule has 0 saturated carbocycles. The van der Waals surface area contributed by atoms with Gasteiger partial charge in [0.05, 0.1) is 33.3 Å². The van der Waals surface area contributed by atoms with E-state index in [9.17, 15) is 14.4 Å². The molecular weight excluding hydrogens is 406 g/mol. The van der Waals surface area contributed by atoms with Crippen LogP contribution in [0.25, 0.3) is 11.1 Å². The number of rotatable bonds is 6. The lowest BCUT2D eigenvalue weighted by Gasteiger charge is -2.19. The quantitative estimate of drug-likeness (QED) is 0.683. The van der Waals surface area contributed by atoms with E-state index in [2.05, 4.69) is 12.6 Å². The molecule has 0 atom stereocenters. The average molecular weight is 429 g/mol. The lowest BCUT2D eigenvalue weighted by atomic mass is 9.92. The molecule has 1 aliphatic rings. The van der Waals surface area contributed by atoms with Gasteiger partial charge >= 0.3 is 0 Å². The zero-order valence-corrected chi connectivity index (χ0v) is 17.9. The van der Waals surface area contributed by atoms with Crippen LogP contribution in [-0.2, 0) is 24.1 Å². The Morgan fingerprint density at radius 3 is 2.33 bits per heavy atom. The molecule has 0 heterocycles. The molecule has 0 saturated heterocycles. The highest BCUT2D eigenvalue weighted by Crippen LogP contribution is 2.47. The Balaban J connectivity index is 2.49. The second kappa shape index (κ2) is 8.79. The summed E-state index contributed by atoms with van der Waals surface area (Å²) in [5.41, 5.74) is 8.69. The number of benzene rings is 1.